The van der Waals surface area contributed by atoms with Crippen LogP contribution in [0.2, 0.25) is 0 Å². The van der Waals surface area contributed by atoms with Crippen molar-refractivity contribution in [1.82, 2.24) is 0 Å². The molecule has 0 saturated heterocycles. The molecule has 2 N–H and O–H groups in total. The Morgan fingerprint density at radius 1 is 1.29 bits per heavy atom. The zero-order valence-corrected chi connectivity index (χ0v) is 9.08. The van der Waals surface area contributed by atoms with E-state index in [2.05, 4.69) is 4.52 Å². The van der Waals surface area contributed by atoms with Crippen LogP contribution in [0.5, 0.6) is 0 Å². The molecular weight excluding hydrogens is 223 g/mol. The molecule has 0 aliphatic carbocycles. The first-order chi connectivity index (χ1) is 6.58. The van der Waals surface area contributed by atoms with Crippen LogP contribution in [-0.2, 0) is 9.09 Å². The first kappa shape index (κ1) is 11.8. The second kappa shape index (κ2) is 5.53. The SMILES string of the molecule is O=P(O)(O)OCCSc1ccccc1. The van der Waals surface area contributed by atoms with E-state index < -0.39 is 7.82 Å². The zero-order valence-electron chi connectivity index (χ0n) is 7.37. The maximum absolute atomic E-state index is 10.3. The van der Waals surface area contributed by atoms with Gasteiger partial charge in [0, 0.05) is 10.6 Å². The molecule has 0 amide bonds. The Morgan fingerprint density at radius 3 is 2.50 bits per heavy atom. The lowest BCUT2D eigenvalue weighted by Crippen LogP contribution is -1.94. The fraction of sp³-hybridized carbons (Fsp3) is 0.250. The molecule has 0 aliphatic rings. The van der Waals surface area contributed by atoms with Crippen LogP contribution in [0.1, 0.15) is 0 Å². The predicted octanol–water partition coefficient (Wildman–Crippen LogP) is 1.89. The van der Waals surface area contributed by atoms with E-state index >= 15 is 0 Å². The Morgan fingerprint density at radius 2 is 1.93 bits per heavy atom. The average molecular weight is 234 g/mol. The predicted molar refractivity (Wildman–Crippen MR) is 55.2 cm³/mol. The Labute approximate surface area is 86.5 Å². The highest BCUT2D eigenvalue weighted by Crippen LogP contribution is 2.35. The lowest BCUT2D eigenvalue weighted by Gasteiger charge is -2.04. The molecule has 0 atom stereocenters. The molecular formula is C8H11O4PS. The monoisotopic (exact) mass is 234 g/mol. The van der Waals surface area contributed by atoms with Gasteiger partial charge in [0.25, 0.3) is 0 Å². The third kappa shape index (κ3) is 5.42. The first-order valence-electron chi connectivity index (χ1n) is 3.96. The van der Waals surface area contributed by atoms with E-state index in [9.17, 15) is 4.57 Å². The standard InChI is InChI=1S/C8H11O4PS/c9-13(10,11)12-6-7-14-8-4-2-1-3-5-8/h1-5H,6-7H2,(H2,9,10,11). The van der Waals surface area contributed by atoms with Gasteiger partial charge in [0.15, 0.2) is 0 Å². The van der Waals surface area contributed by atoms with Gasteiger partial charge in [-0.15, -0.1) is 11.8 Å². The van der Waals surface area contributed by atoms with Crippen LogP contribution in [0, 0.1) is 0 Å². The topological polar surface area (TPSA) is 66.8 Å². The van der Waals surface area contributed by atoms with Crippen molar-refractivity contribution in [2.45, 2.75) is 4.90 Å². The minimum absolute atomic E-state index is 0.0455. The van der Waals surface area contributed by atoms with Gasteiger partial charge in [-0.1, -0.05) is 18.2 Å². The minimum atomic E-state index is -4.30. The molecule has 0 spiro atoms. The van der Waals surface area contributed by atoms with Crippen LogP contribution in [0.15, 0.2) is 35.2 Å². The van der Waals surface area contributed by atoms with Gasteiger partial charge in [-0.3, -0.25) is 4.52 Å². The fourth-order valence-electron chi connectivity index (χ4n) is 0.832. The van der Waals surface area contributed by atoms with Gasteiger partial charge in [-0.25, -0.2) is 4.57 Å². The lowest BCUT2D eigenvalue weighted by molar-refractivity contribution is 0.208. The number of phosphoric acid groups is 1. The maximum atomic E-state index is 10.3. The van der Waals surface area contributed by atoms with Crippen LogP contribution in [0.25, 0.3) is 0 Å². The fourth-order valence-corrected chi connectivity index (χ4v) is 2.04. The normalized spacial score (nSPS) is 11.6. The summed E-state index contributed by atoms with van der Waals surface area (Å²) in [5.41, 5.74) is 0. The van der Waals surface area contributed by atoms with Crippen LogP contribution < -0.4 is 0 Å². The van der Waals surface area contributed by atoms with E-state index in [-0.39, 0.29) is 6.61 Å². The van der Waals surface area contributed by atoms with Gasteiger partial charge < -0.3 is 9.79 Å². The molecule has 6 heteroatoms. The summed E-state index contributed by atoms with van der Waals surface area (Å²) in [6.45, 7) is 0.0455. The third-order valence-corrected chi connectivity index (χ3v) is 2.85. The van der Waals surface area contributed by atoms with E-state index in [0.717, 1.165) is 4.90 Å². The Balaban J connectivity index is 2.20. The van der Waals surface area contributed by atoms with Gasteiger partial charge in [0.1, 0.15) is 0 Å². The van der Waals surface area contributed by atoms with Gasteiger partial charge >= 0.3 is 7.82 Å². The van der Waals surface area contributed by atoms with Crippen molar-refractivity contribution in [2.24, 2.45) is 0 Å². The number of rotatable bonds is 5. The largest absolute Gasteiger partial charge is 0.469 e. The Hall–Kier alpha value is -0.320. The summed E-state index contributed by atoms with van der Waals surface area (Å²) in [7, 11) is -4.30. The highest BCUT2D eigenvalue weighted by Gasteiger charge is 2.12. The van der Waals surface area contributed by atoms with Crippen molar-refractivity contribution in [2.75, 3.05) is 12.4 Å². The summed E-state index contributed by atoms with van der Waals surface area (Å²) in [6.07, 6.45) is 0. The molecule has 0 aliphatic heterocycles. The second-order valence-electron chi connectivity index (χ2n) is 2.49. The van der Waals surface area contributed by atoms with Gasteiger partial charge in [-0.05, 0) is 12.1 Å². The van der Waals surface area contributed by atoms with E-state index in [1.807, 2.05) is 30.3 Å². The van der Waals surface area contributed by atoms with Crippen LogP contribution in [-0.4, -0.2) is 22.1 Å². The van der Waals surface area contributed by atoms with Crippen molar-refractivity contribution in [3.8, 4) is 0 Å². The molecule has 1 aromatic rings. The highest BCUT2D eigenvalue weighted by molar-refractivity contribution is 7.99. The van der Waals surface area contributed by atoms with E-state index in [0.29, 0.717) is 5.75 Å². The summed E-state index contributed by atoms with van der Waals surface area (Å²) < 4.78 is 14.6. The summed E-state index contributed by atoms with van der Waals surface area (Å²) in [5, 5.41) is 0. The second-order valence-corrected chi connectivity index (χ2v) is 4.89. The maximum Gasteiger partial charge on any atom is 0.469 e. The Bertz CT molecular complexity index is 310. The van der Waals surface area contributed by atoms with Gasteiger partial charge in [0.05, 0.1) is 6.61 Å². The highest BCUT2D eigenvalue weighted by atomic mass is 32.2. The van der Waals surface area contributed by atoms with Crippen molar-refractivity contribution >= 4 is 19.6 Å². The molecule has 0 fully saturated rings. The summed E-state index contributed by atoms with van der Waals surface area (Å²) >= 11 is 1.49. The van der Waals surface area contributed by atoms with Gasteiger partial charge in [0.2, 0.25) is 0 Å². The molecule has 0 unspecified atom stereocenters. The number of thioether (sulfide) groups is 1. The van der Waals surface area contributed by atoms with E-state index in [4.69, 9.17) is 9.79 Å². The van der Waals surface area contributed by atoms with E-state index in [1.54, 1.807) is 0 Å². The van der Waals surface area contributed by atoms with Crippen molar-refractivity contribution in [3.05, 3.63) is 30.3 Å². The Kier molecular flexibility index (Phi) is 4.65. The van der Waals surface area contributed by atoms with Crippen LogP contribution in [0.3, 0.4) is 0 Å². The van der Waals surface area contributed by atoms with Gasteiger partial charge in [-0.2, -0.15) is 0 Å². The molecule has 78 valence electrons. The zero-order chi connectivity index (χ0) is 10.4. The quantitative estimate of drug-likeness (QED) is 0.462. The first-order valence-corrected chi connectivity index (χ1v) is 6.47. The molecule has 0 saturated carbocycles. The minimum Gasteiger partial charge on any atom is -0.303 e. The number of benzene rings is 1. The summed E-state index contributed by atoms with van der Waals surface area (Å²) in [4.78, 5) is 17.8. The smallest absolute Gasteiger partial charge is 0.303 e. The number of hydrogen-bond acceptors (Lipinski definition) is 3. The lowest BCUT2D eigenvalue weighted by atomic mass is 10.4. The van der Waals surface area contributed by atoms with Crippen LogP contribution >= 0.6 is 19.6 Å². The van der Waals surface area contributed by atoms with Crippen molar-refractivity contribution in [1.29, 1.82) is 0 Å². The molecule has 0 heterocycles. The van der Waals surface area contributed by atoms with E-state index in [1.165, 1.54) is 11.8 Å². The van der Waals surface area contributed by atoms with Crippen molar-refractivity contribution < 1.29 is 18.9 Å². The molecule has 0 bridgehead atoms. The molecule has 1 aromatic carbocycles. The molecule has 14 heavy (non-hydrogen) atoms. The molecule has 0 aromatic heterocycles. The third-order valence-electron chi connectivity index (χ3n) is 1.35. The molecule has 0 radical (unpaired) electrons. The molecule has 1 rings (SSSR count). The van der Waals surface area contributed by atoms with Crippen LogP contribution in [0.4, 0.5) is 0 Å². The number of phosphoric ester groups is 1. The van der Waals surface area contributed by atoms with Crippen molar-refractivity contribution in [3.63, 3.8) is 0 Å². The molecule has 4 nitrogen and oxygen atoms in total. The summed E-state index contributed by atoms with van der Waals surface area (Å²) in [5.74, 6) is 0.523. The number of hydrogen-bond donors (Lipinski definition) is 2. The summed E-state index contributed by atoms with van der Waals surface area (Å²) in [6, 6.07) is 9.60. The average Bonchev–Trinajstić information content (AvgIpc) is 2.13.